The van der Waals surface area contributed by atoms with Crippen LogP contribution in [0, 0.1) is 17.3 Å². The Labute approximate surface area is 102 Å². The molecule has 1 heterocycles. The van der Waals surface area contributed by atoms with E-state index in [0.29, 0.717) is 5.41 Å². The molecule has 2 nitrogen and oxygen atoms in total. The van der Waals surface area contributed by atoms with Gasteiger partial charge in [-0.15, -0.1) is 0 Å². The Morgan fingerprint density at radius 1 is 1.38 bits per heavy atom. The minimum Gasteiger partial charge on any atom is -0.316 e. The monoisotopic (exact) mass is 226 g/mol. The lowest BCUT2D eigenvalue weighted by molar-refractivity contribution is 0.249. The summed E-state index contributed by atoms with van der Waals surface area (Å²) < 4.78 is 0. The van der Waals surface area contributed by atoms with Gasteiger partial charge in [-0.05, 0) is 62.7 Å². The predicted molar refractivity (Wildman–Crippen MR) is 71.7 cm³/mol. The first-order valence-corrected chi connectivity index (χ1v) is 6.91. The predicted octanol–water partition coefficient (Wildman–Crippen LogP) is 2.65. The van der Waals surface area contributed by atoms with Gasteiger partial charge < -0.3 is 10.6 Å². The van der Waals surface area contributed by atoms with Gasteiger partial charge in [-0.3, -0.25) is 0 Å². The normalized spacial score (nSPS) is 24.4. The fourth-order valence-electron chi connectivity index (χ4n) is 2.10. The van der Waals surface area contributed by atoms with Gasteiger partial charge in [0, 0.05) is 0 Å². The molecule has 0 spiro atoms. The summed E-state index contributed by atoms with van der Waals surface area (Å²) in [6, 6.07) is 0. The summed E-state index contributed by atoms with van der Waals surface area (Å²) in [5.74, 6) is 1.66. The van der Waals surface area contributed by atoms with Crippen molar-refractivity contribution in [3.05, 3.63) is 0 Å². The molecule has 96 valence electrons. The van der Waals surface area contributed by atoms with Crippen LogP contribution in [-0.2, 0) is 0 Å². The molecule has 1 saturated heterocycles. The minimum atomic E-state index is 0.430. The molecule has 2 unspecified atom stereocenters. The molecule has 1 aliphatic rings. The molecule has 0 bridgehead atoms. The van der Waals surface area contributed by atoms with Crippen LogP contribution in [0.3, 0.4) is 0 Å². The van der Waals surface area contributed by atoms with Crippen LogP contribution in [0.15, 0.2) is 0 Å². The van der Waals surface area contributed by atoms with E-state index in [-0.39, 0.29) is 0 Å². The highest BCUT2D eigenvalue weighted by molar-refractivity contribution is 4.73. The van der Waals surface area contributed by atoms with Crippen LogP contribution in [0.4, 0.5) is 0 Å². The van der Waals surface area contributed by atoms with Gasteiger partial charge in [-0.1, -0.05) is 27.7 Å². The molecule has 1 rings (SSSR count). The summed E-state index contributed by atoms with van der Waals surface area (Å²) in [4.78, 5) is 0. The van der Waals surface area contributed by atoms with Gasteiger partial charge in [0.25, 0.3) is 0 Å². The molecule has 2 atom stereocenters. The van der Waals surface area contributed by atoms with Gasteiger partial charge in [0.05, 0.1) is 0 Å². The number of rotatable bonds is 5. The highest BCUT2D eigenvalue weighted by atomic mass is 14.9. The van der Waals surface area contributed by atoms with E-state index in [1.807, 2.05) is 0 Å². The van der Waals surface area contributed by atoms with Crippen LogP contribution >= 0.6 is 0 Å². The lowest BCUT2D eigenvalue weighted by atomic mass is 9.82. The largest absolute Gasteiger partial charge is 0.316 e. The third-order valence-electron chi connectivity index (χ3n) is 4.06. The van der Waals surface area contributed by atoms with Crippen molar-refractivity contribution < 1.29 is 0 Å². The highest BCUT2D eigenvalue weighted by Gasteiger charge is 2.19. The van der Waals surface area contributed by atoms with E-state index >= 15 is 0 Å². The first-order chi connectivity index (χ1) is 7.50. The van der Waals surface area contributed by atoms with E-state index < -0.39 is 0 Å². The summed E-state index contributed by atoms with van der Waals surface area (Å²) in [7, 11) is 0. The van der Waals surface area contributed by atoms with Crippen LogP contribution in [-0.4, -0.2) is 26.2 Å². The molecule has 1 fully saturated rings. The topological polar surface area (TPSA) is 24.1 Å². The Hall–Kier alpha value is -0.0800. The molecule has 16 heavy (non-hydrogen) atoms. The number of hydrogen-bond acceptors (Lipinski definition) is 2. The molecular formula is C14H30N2. The third kappa shape index (κ3) is 5.31. The summed E-state index contributed by atoms with van der Waals surface area (Å²) in [6.45, 7) is 14.1. The van der Waals surface area contributed by atoms with Crippen molar-refractivity contribution in [2.75, 3.05) is 26.2 Å². The van der Waals surface area contributed by atoms with E-state index in [1.54, 1.807) is 0 Å². The van der Waals surface area contributed by atoms with E-state index in [9.17, 15) is 0 Å². The van der Waals surface area contributed by atoms with Gasteiger partial charge in [0.2, 0.25) is 0 Å². The van der Waals surface area contributed by atoms with Gasteiger partial charge in [-0.2, -0.15) is 0 Å². The molecule has 2 N–H and O–H groups in total. The Kier molecular flexibility index (Phi) is 5.77. The van der Waals surface area contributed by atoms with Crippen molar-refractivity contribution in [2.24, 2.45) is 17.3 Å². The van der Waals surface area contributed by atoms with Crippen LogP contribution in [0.5, 0.6) is 0 Å². The summed E-state index contributed by atoms with van der Waals surface area (Å²) in [5.41, 5.74) is 0.430. The van der Waals surface area contributed by atoms with Gasteiger partial charge in [0.1, 0.15) is 0 Å². The van der Waals surface area contributed by atoms with E-state index in [1.165, 1.54) is 38.9 Å². The molecule has 2 heteroatoms. The second-order valence-electron chi connectivity index (χ2n) is 6.47. The Balaban J connectivity index is 2.02. The second-order valence-corrected chi connectivity index (χ2v) is 6.47. The molecule has 1 aliphatic heterocycles. The van der Waals surface area contributed by atoms with Gasteiger partial charge in [0.15, 0.2) is 0 Å². The molecule has 0 saturated carbocycles. The van der Waals surface area contributed by atoms with E-state index in [0.717, 1.165) is 18.4 Å². The summed E-state index contributed by atoms with van der Waals surface area (Å²) in [5, 5.41) is 7.09. The zero-order valence-corrected chi connectivity index (χ0v) is 11.6. The molecule has 0 amide bonds. The quantitative estimate of drug-likeness (QED) is 0.704. The smallest absolute Gasteiger partial charge is 0.00182 e. The number of piperidine rings is 1. The standard InChI is InChI=1S/C14H30N2/c1-12(14(2,3)4)10-16-9-7-13-6-5-8-15-11-13/h12-13,15-16H,5-11H2,1-4H3. The number of hydrogen-bond donors (Lipinski definition) is 2. The third-order valence-corrected chi connectivity index (χ3v) is 4.06. The molecule has 0 aromatic heterocycles. The van der Waals surface area contributed by atoms with Crippen molar-refractivity contribution in [3.8, 4) is 0 Å². The van der Waals surface area contributed by atoms with E-state index in [2.05, 4.69) is 38.3 Å². The summed E-state index contributed by atoms with van der Waals surface area (Å²) in [6.07, 6.45) is 4.12. The minimum absolute atomic E-state index is 0.430. The fourth-order valence-corrected chi connectivity index (χ4v) is 2.10. The van der Waals surface area contributed by atoms with Crippen molar-refractivity contribution in [3.63, 3.8) is 0 Å². The zero-order chi connectivity index (χ0) is 12.0. The van der Waals surface area contributed by atoms with Gasteiger partial charge in [-0.25, -0.2) is 0 Å². The van der Waals surface area contributed by atoms with Crippen molar-refractivity contribution >= 4 is 0 Å². The Bertz CT molecular complexity index is 178. The molecular weight excluding hydrogens is 196 g/mol. The Morgan fingerprint density at radius 3 is 2.69 bits per heavy atom. The second kappa shape index (κ2) is 6.61. The average molecular weight is 226 g/mol. The zero-order valence-electron chi connectivity index (χ0n) is 11.6. The van der Waals surface area contributed by atoms with Crippen LogP contribution in [0.1, 0.15) is 47.0 Å². The maximum Gasteiger partial charge on any atom is -0.00182 e. The number of nitrogens with one attached hydrogen (secondary N) is 2. The van der Waals surface area contributed by atoms with Crippen LogP contribution < -0.4 is 10.6 Å². The Morgan fingerprint density at radius 2 is 2.12 bits per heavy atom. The first kappa shape index (κ1) is 14.0. The van der Waals surface area contributed by atoms with Crippen molar-refractivity contribution in [1.29, 1.82) is 0 Å². The van der Waals surface area contributed by atoms with Crippen molar-refractivity contribution in [2.45, 2.75) is 47.0 Å². The maximum atomic E-state index is 3.61. The lowest BCUT2D eigenvalue weighted by Gasteiger charge is -2.28. The molecule has 0 aromatic carbocycles. The maximum absolute atomic E-state index is 3.61. The molecule has 0 aromatic rings. The SMILES string of the molecule is CC(CNCCC1CCCNC1)C(C)(C)C. The summed E-state index contributed by atoms with van der Waals surface area (Å²) >= 11 is 0. The molecule has 0 radical (unpaired) electrons. The van der Waals surface area contributed by atoms with Crippen LogP contribution in [0.25, 0.3) is 0 Å². The van der Waals surface area contributed by atoms with E-state index in [4.69, 9.17) is 0 Å². The van der Waals surface area contributed by atoms with Crippen LogP contribution in [0.2, 0.25) is 0 Å². The van der Waals surface area contributed by atoms with Crippen molar-refractivity contribution in [1.82, 2.24) is 10.6 Å². The lowest BCUT2D eigenvalue weighted by Crippen LogP contribution is -2.34. The highest BCUT2D eigenvalue weighted by Crippen LogP contribution is 2.24. The fraction of sp³-hybridized carbons (Fsp3) is 1.00. The van der Waals surface area contributed by atoms with Gasteiger partial charge >= 0.3 is 0 Å². The first-order valence-electron chi connectivity index (χ1n) is 6.91. The average Bonchev–Trinajstić information content (AvgIpc) is 2.24. The molecule has 0 aliphatic carbocycles.